The van der Waals surface area contributed by atoms with Crippen LogP contribution in [0.3, 0.4) is 0 Å². The predicted octanol–water partition coefficient (Wildman–Crippen LogP) is 3.47. The van der Waals surface area contributed by atoms with Crippen LogP contribution in [-0.4, -0.2) is 22.3 Å². The van der Waals surface area contributed by atoms with Crippen LogP contribution in [0.4, 0.5) is 0 Å². The summed E-state index contributed by atoms with van der Waals surface area (Å²) in [4.78, 5) is 4.46. The van der Waals surface area contributed by atoms with Crippen LogP contribution < -0.4 is 0 Å². The Hall–Kier alpha value is -1.65. The van der Waals surface area contributed by atoms with Crippen LogP contribution in [0.2, 0.25) is 0 Å². The summed E-state index contributed by atoms with van der Waals surface area (Å²) in [6, 6.07) is 8.09. The standard InChI is InChI=1S/C17H21NO3/c1-12-5-7-13(8-6-12)17-18-14(11-21-17)10-20-16-4-2-3-15(19)9-16/h5-8,11,15-16,19H,2-4,9-10H2,1H3. The summed E-state index contributed by atoms with van der Waals surface area (Å²) in [5, 5.41) is 9.64. The van der Waals surface area contributed by atoms with E-state index in [-0.39, 0.29) is 12.2 Å². The summed E-state index contributed by atoms with van der Waals surface area (Å²) < 4.78 is 11.3. The summed E-state index contributed by atoms with van der Waals surface area (Å²) >= 11 is 0. The normalized spacial score (nSPS) is 22.4. The van der Waals surface area contributed by atoms with Crippen molar-refractivity contribution in [3.8, 4) is 11.5 Å². The first-order chi connectivity index (χ1) is 10.2. The number of oxazole rings is 1. The van der Waals surface area contributed by atoms with Crippen molar-refractivity contribution < 1.29 is 14.3 Å². The summed E-state index contributed by atoms with van der Waals surface area (Å²) in [6.45, 7) is 2.49. The van der Waals surface area contributed by atoms with Crippen molar-refractivity contribution in [3.63, 3.8) is 0 Å². The fraction of sp³-hybridized carbons (Fsp3) is 0.471. The van der Waals surface area contributed by atoms with Gasteiger partial charge in [-0.3, -0.25) is 0 Å². The second-order valence-electron chi connectivity index (χ2n) is 5.76. The smallest absolute Gasteiger partial charge is 0.226 e. The van der Waals surface area contributed by atoms with Gasteiger partial charge in [0.1, 0.15) is 12.0 Å². The fourth-order valence-corrected chi connectivity index (χ4v) is 2.68. The van der Waals surface area contributed by atoms with Gasteiger partial charge in [0.2, 0.25) is 5.89 Å². The number of aliphatic hydroxyl groups excluding tert-OH is 1. The number of benzene rings is 1. The van der Waals surface area contributed by atoms with Crippen molar-refractivity contribution in [1.29, 1.82) is 0 Å². The molecule has 0 aliphatic heterocycles. The van der Waals surface area contributed by atoms with Gasteiger partial charge in [-0.1, -0.05) is 17.7 Å². The molecule has 4 nitrogen and oxygen atoms in total. The highest BCUT2D eigenvalue weighted by Crippen LogP contribution is 2.23. The summed E-state index contributed by atoms with van der Waals surface area (Å²) in [6.07, 6.45) is 5.22. The average Bonchev–Trinajstić information content (AvgIpc) is 2.95. The lowest BCUT2D eigenvalue weighted by Gasteiger charge is -2.25. The molecule has 21 heavy (non-hydrogen) atoms. The number of hydrogen-bond donors (Lipinski definition) is 1. The first-order valence-corrected chi connectivity index (χ1v) is 7.52. The number of nitrogens with zero attached hydrogens (tertiary/aromatic N) is 1. The quantitative estimate of drug-likeness (QED) is 0.935. The lowest BCUT2D eigenvalue weighted by molar-refractivity contribution is -0.0238. The summed E-state index contributed by atoms with van der Waals surface area (Å²) in [7, 11) is 0. The molecule has 3 rings (SSSR count). The Bertz CT molecular complexity index is 576. The summed E-state index contributed by atoms with van der Waals surface area (Å²) in [5.74, 6) is 0.622. The number of rotatable bonds is 4. The predicted molar refractivity (Wildman–Crippen MR) is 79.7 cm³/mol. The lowest BCUT2D eigenvalue weighted by atomic mass is 9.95. The van der Waals surface area contributed by atoms with Crippen LogP contribution in [-0.2, 0) is 11.3 Å². The average molecular weight is 287 g/mol. The van der Waals surface area contributed by atoms with E-state index in [0.717, 1.165) is 36.9 Å². The molecule has 1 heterocycles. The van der Waals surface area contributed by atoms with E-state index in [0.29, 0.717) is 12.5 Å². The molecule has 0 radical (unpaired) electrons. The molecule has 2 unspecified atom stereocenters. The molecule has 1 fully saturated rings. The highest BCUT2D eigenvalue weighted by molar-refractivity contribution is 5.53. The molecule has 0 spiro atoms. The van der Waals surface area contributed by atoms with Crippen molar-refractivity contribution in [1.82, 2.24) is 4.98 Å². The van der Waals surface area contributed by atoms with Gasteiger partial charge in [-0.15, -0.1) is 0 Å². The van der Waals surface area contributed by atoms with Gasteiger partial charge in [-0.2, -0.15) is 0 Å². The zero-order valence-electron chi connectivity index (χ0n) is 12.3. The molecule has 2 aromatic rings. The second-order valence-corrected chi connectivity index (χ2v) is 5.76. The van der Waals surface area contributed by atoms with Crippen molar-refractivity contribution in [2.75, 3.05) is 0 Å². The lowest BCUT2D eigenvalue weighted by Crippen LogP contribution is -2.25. The Balaban J connectivity index is 1.59. The third-order valence-corrected chi connectivity index (χ3v) is 3.92. The molecule has 0 bridgehead atoms. The maximum atomic E-state index is 9.64. The van der Waals surface area contributed by atoms with Gasteiger partial charge in [-0.25, -0.2) is 4.98 Å². The van der Waals surface area contributed by atoms with Crippen molar-refractivity contribution in [3.05, 3.63) is 41.8 Å². The van der Waals surface area contributed by atoms with E-state index in [1.165, 1.54) is 5.56 Å². The molecule has 2 atom stereocenters. The Morgan fingerprint density at radius 1 is 1.29 bits per heavy atom. The van der Waals surface area contributed by atoms with Crippen LogP contribution in [0.15, 0.2) is 34.9 Å². The Morgan fingerprint density at radius 2 is 2.10 bits per heavy atom. The molecule has 1 saturated carbocycles. The van der Waals surface area contributed by atoms with E-state index in [4.69, 9.17) is 9.15 Å². The third kappa shape index (κ3) is 3.71. The maximum absolute atomic E-state index is 9.64. The van der Waals surface area contributed by atoms with Gasteiger partial charge in [0, 0.05) is 5.56 Å². The van der Waals surface area contributed by atoms with Crippen LogP contribution in [0.5, 0.6) is 0 Å². The van der Waals surface area contributed by atoms with Crippen LogP contribution in [0.25, 0.3) is 11.5 Å². The molecule has 0 amide bonds. The number of aryl methyl sites for hydroxylation is 1. The van der Waals surface area contributed by atoms with Crippen molar-refractivity contribution in [2.45, 2.75) is 51.4 Å². The first kappa shape index (κ1) is 14.3. The van der Waals surface area contributed by atoms with Gasteiger partial charge in [0.25, 0.3) is 0 Å². The molecule has 1 aliphatic rings. The van der Waals surface area contributed by atoms with Crippen LogP contribution >= 0.6 is 0 Å². The van der Waals surface area contributed by atoms with Crippen molar-refractivity contribution >= 4 is 0 Å². The molecule has 1 N–H and O–H groups in total. The molecule has 1 aromatic carbocycles. The van der Waals surface area contributed by atoms with E-state index in [2.05, 4.69) is 11.9 Å². The molecule has 1 aliphatic carbocycles. The van der Waals surface area contributed by atoms with E-state index < -0.39 is 0 Å². The number of aliphatic hydroxyl groups is 1. The minimum absolute atomic E-state index is 0.133. The second kappa shape index (κ2) is 6.41. The van der Waals surface area contributed by atoms with Gasteiger partial charge in [0.05, 0.1) is 18.8 Å². The Morgan fingerprint density at radius 3 is 2.86 bits per heavy atom. The van der Waals surface area contributed by atoms with E-state index in [1.807, 2.05) is 24.3 Å². The molecule has 1 aromatic heterocycles. The van der Waals surface area contributed by atoms with Crippen LogP contribution in [0.1, 0.15) is 36.9 Å². The number of ether oxygens (including phenoxy) is 1. The van der Waals surface area contributed by atoms with E-state index in [9.17, 15) is 5.11 Å². The largest absolute Gasteiger partial charge is 0.444 e. The highest BCUT2D eigenvalue weighted by atomic mass is 16.5. The molecular weight excluding hydrogens is 266 g/mol. The number of hydrogen-bond acceptors (Lipinski definition) is 4. The number of aromatic nitrogens is 1. The highest BCUT2D eigenvalue weighted by Gasteiger charge is 2.21. The first-order valence-electron chi connectivity index (χ1n) is 7.52. The molecule has 112 valence electrons. The molecule has 4 heteroatoms. The topological polar surface area (TPSA) is 55.5 Å². The zero-order chi connectivity index (χ0) is 14.7. The minimum Gasteiger partial charge on any atom is -0.444 e. The van der Waals surface area contributed by atoms with Crippen LogP contribution in [0, 0.1) is 6.92 Å². The third-order valence-electron chi connectivity index (χ3n) is 3.92. The maximum Gasteiger partial charge on any atom is 0.226 e. The van der Waals surface area contributed by atoms with Gasteiger partial charge in [-0.05, 0) is 44.7 Å². The van der Waals surface area contributed by atoms with Gasteiger partial charge >= 0.3 is 0 Å². The monoisotopic (exact) mass is 287 g/mol. The van der Waals surface area contributed by atoms with E-state index >= 15 is 0 Å². The zero-order valence-corrected chi connectivity index (χ0v) is 12.3. The fourth-order valence-electron chi connectivity index (χ4n) is 2.68. The SMILES string of the molecule is Cc1ccc(-c2nc(COC3CCCC(O)C3)co2)cc1. The van der Waals surface area contributed by atoms with Crippen molar-refractivity contribution in [2.24, 2.45) is 0 Å². The summed E-state index contributed by atoms with van der Waals surface area (Å²) in [5.41, 5.74) is 2.98. The van der Waals surface area contributed by atoms with Gasteiger partial charge < -0.3 is 14.3 Å². The Labute approximate surface area is 124 Å². The van der Waals surface area contributed by atoms with E-state index in [1.54, 1.807) is 6.26 Å². The molecule has 0 saturated heterocycles. The van der Waals surface area contributed by atoms with Gasteiger partial charge in [0.15, 0.2) is 0 Å². The minimum atomic E-state index is -0.218. The molecular formula is C17H21NO3. The Kier molecular flexibility index (Phi) is 4.36.